The zero-order valence-corrected chi connectivity index (χ0v) is 23.7. The molecule has 1 rings (SSSR count). The quantitative estimate of drug-likeness (QED) is 0.176. The number of hydrogen-bond acceptors (Lipinski definition) is 5. The molecule has 1 heterocycles. The van der Waals surface area contributed by atoms with Crippen LogP contribution in [0.25, 0.3) is 0 Å². The minimum atomic E-state index is -0.287. The van der Waals surface area contributed by atoms with Gasteiger partial charge in [-0.2, -0.15) is 0 Å². The minimum absolute atomic E-state index is 0.0530. The Kier molecular flexibility index (Phi) is 9.90. The topological polar surface area (TPSA) is 55.8 Å². The van der Waals surface area contributed by atoms with Gasteiger partial charge in [0.25, 0.3) is 0 Å². The van der Waals surface area contributed by atoms with Crippen molar-refractivity contribution in [3.8, 4) is 0 Å². The molecule has 0 aromatic carbocycles. The summed E-state index contributed by atoms with van der Waals surface area (Å²) in [7, 11) is 0. The van der Waals surface area contributed by atoms with Crippen LogP contribution in [0.3, 0.4) is 0 Å². The molecule has 0 radical (unpaired) electrons. The first-order valence-electron chi connectivity index (χ1n) is 10.4. The number of alkyl halides is 2. The zero-order chi connectivity index (χ0) is 22.7. The van der Waals surface area contributed by atoms with E-state index in [4.69, 9.17) is 9.47 Å². The molecule has 0 N–H and O–H groups in total. The lowest BCUT2D eigenvalue weighted by Gasteiger charge is -2.55. The van der Waals surface area contributed by atoms with Crippen LogP contribution in [0, 0.1) is 0 Å². The van der Waals surface area contributed by atoms with Crippen molar-refractivity contribution in [1.29, 1.82) is 0 Å². The van der Waals surface area contributed by atoms with Crippen LogP contribution in [0.1, 0.15) is 87.5 Å². The molecule has 0 aliphatic carbocycles. The second kappa shape index (κ2) is 10.4. The molecule has 0 aromatic rings. The van der Waals surface area contributed by atoms with Gasteiger partial charge in [0.2, 0.25) is 0 Å². The van der Waals surface area contributed by atoms with Gasteiger partial charge in [0.05, 0.1) is 12.5 Å². The first-order valence-corrected chi connectivity index (χ1v) is 12.6. The summed E-state index contributed by atoms with van der Waals surface area (Å²) in [6, 6.07) is 0. The van der Waals surface area contributed by atoms with Crippen LogP contribution in [0.4, 0.5) is 0 Å². The number of nitrogens with zero attached hydrogens (tertiary/aromatic N) is 1. The van der Waals surface area contributed by atoms with Gasteiger partial charge in [-0.25, -0.2) is 0 Å². The summed E-state index contributed by atoms with van der Waals surface area (Å²) >= 11 is 4.60. The molecule has 0 spiro atoms. The van der Waals surface area contributed by atoms with E-state index in [1.54, 1.807) is 0 Å². The maximum absolute atomic E-state index is 12.1. The highest BCUT2D eigenvalue weighted by Gasteiger charge is 2.46. The molecule has 1 fully saturated rings. The van der Waals surface area contributed by atoms with Crippen molar-refractivity contribution in [3.63, 3.8) is 0 Å². The Labute approximate surface area is 204 Å². The van der Waals surface area contributed by atoms with E-state index in [9.17, 15) is 9.59 Å². The van der Waals surface area contributed by atoms with E-state index in [0.29, 0.717) is 19.6 Å². The van der Waals surface area contributed by atoms with Crippen LogP contribution >= 0.6 is 45.2 Å². The standard InChI is InChI=1S/C22H39I2NO4/c1-19(2,23)13-16(26)9-10-18(27)28-12-11-25-20(3,4)14-17(15-21(25,5)6)29-22(7,8)24/h17H,9-15H2,1-8H3. The van der Waals surface area contributed by atoms with Gasteiger partial charge in [0.1, 0.15) is 16.0 Å². The fraction of sp³-hybridized carbons (Fsp3) is 0.909. The molecule has 0 amide bonds. The Bertz CT molecular complexity index is 558. The van der Waals surface area contributed by atoms with Crippen LogP contribution in [-0.2, 0) is 19.1 Å². The van der Waals surface area contributed by atoms with Crippen molar-refractivity contribution >= 4 is 56.9 Å². The zero-order valence-electron chi connectivity index (χ0n) is 19.4. The highest BCUT2D eigenvalue weighted by Crippen LogP contribution is 2.41. The normalized spacial score (nSPS) is 20.5. The number of piperidine rings is 1. The number of ether oxygens (including phenoxy) is 2. The Morgan fingerprint density at radius 1 is 1.00 bits per heavy atom. The highest BCUT2D eigenvalue weighted by atomic mass is 127. The van der Waals surface area contributed by atoms with Gasteiger partial charge in [-0.15, -0.1) is 0 Å². The van der Waals surface area contributed by atoms with Gasteiger partial charge < -0.3 is 9.47 Å². The number of rotatable bonds is 10. The SMILES string of the molecule is CC(C)(I)CC(=O)CCC(=O)OCCN1C(C)(C)CC(OC(C)(C)I)CC1(C)C. The number of ketones is 1. The molecule has 170 valence electrons. The average molecular weight is 635 g/mol. The predicted octanol–water partition coefficient (Wildman–Crippen LogP) is 5.69. The van der Waals surface area contributed by atoms with Gasteiger partial charge in [-0.1, -0.05) is 36.4 Å². The number of likely N-dealkylation sites (tertiary alicyclic amines) is 1. The van der Waals surface area contributed by atoms with Gasteiger partial charge in [-0.3, -0.25) is 14.5 Å². The number of esters is 1. The third-order valence-electron chi connectivity index (χ3n) is 5.17. The van der Waals surface area contributed by atoms with E-state index in [-0.39, 0.29) is 48.8 Å². The maximum atomic E-state index is 12.1. The van der Waals surface area contributed by atoms with Gasteiger partial charge in [0.15, 0.2) is 0 Å². The molecule has 0 bridgehead atoms. The van der Waals surface area contributed by atoms with Crippen molar-refractivity contribution < 1.29 is 19.1 Å². The Hall–Kier alpha value is 0.520. The highest BCUT2D eigenvalue weighted by molar-refractivity contribution is 14.1. The lowest BCUT2D eigenvalue weighted by molar-refractivity contribution is -0.150. The van der Waals surface area contributed by atoms with Gasteiger partial charge in [0, 0.05) is 33.9 Å². The molecular weight excluding hydrogens is 596 g/mol. The van der Waals surface area contributed by atoms with Crippen LogP contribution in [0.5, 0.6) is 0 Å². The Morgan fingerprint density at radius 3 is 1.97 bits per heavy atom. The monoisotopic (exact) mass is 635 g/mol. The van der Waals surface area contributed by atoms with E-state index in [2.05, 4.69) is 91.6 Å². The van der Waals surface area contributed by atoms with E-state index in [1.807, 2.05) is 13.8 Å². The summed E-state index contributed by atoms with van der Waals surface area (Å²) in [6.45, 7) is 18.2. The summed E-state index contributed by atoms with van der Waals surface area (Å²) in [4.78, 5) is 26.4. The van der Waals surface area contributed by atoms with E-state index in [0.717, 1.165) is 12.8 Å². The summed E-state index contributed by atoms with van der Waals surface area (Å²) in [6.07, 6.45) is 3.00. The molecule has 1 aliphatic rings. The molecule has 0 aromatic heterocycles. The second-order valence-corrected chi connectivity index (χ2v) is 16.0. The van der Waals surface area contributed by atoms with E-state index < -0.39 is 0 Å². The molecule has 1 aliphatic heterocycles. The van der Waals surface area contributed by atoms with Crippen molar-refractivity contribution in [2.75, 3.05) is 13.2 Å². The summed E-state index contributed by atoms with van der Waals surface area (Å²) in [5, 5.41) is 0. The maximum Gasteiger partial charge on any atom is 0.306 e. The first kappa shape index (κ1) is 27.6. The van der Waals surface area contributed by atoms with Gasteiger partial charge in [-0.05, 0) is 77.0 Å². The van der Waals surface area contributed by atoms with Crippen molar-refractivity contribution in [2.24, 2.45) is 0 Å². The van der Waals surface area contributed by atoms with Crippen LogP contribution < -0.4 is 0 Å². The molecule has 5 nitrogen and oxygen atoms in total. The third kappa shape index (κ3) is 10.6. The fourth-order valence-corrected chi connectivity index (χ4v) is 5.22. The number of Topliss-reactive ketones (excluding diaryl/α,β-unsaturated/α-hetero) is 1. The summed E-state index contributed by atoms with van der Waals surface area (Å²) < 4.78 is 11.5. The largest absolute Gasteiger partial charge is 0.464 e. The smallest absolute Gasteiger partial charge is 0.306 e. The summed E-state index contributed by atoms with van der Waals surface area (Å²) in [5.74, 6) is -0.172. The molecule has 29 heavy (non-hydrogen) atoms. The Balaban J connectivity index is 2.52. The summed E-state index contributed by atoms with van der Waals surface area (Å²) in [5.41, 5.74) is -0.106. The van der Waals surface area contributed by atoms with Crippen molar-refractivity contribution in [3.05, 3.63) is 0 Å². The molecule has 7 heteroatoms. The molecule has 0 atom stereocenters. The van der Waals surface area contributed by atoms with Crippen LogP contribution in [-0.4, -0.2) is 54.0 Å². The minimum Gasteiger partial charge on any atom is -0.464 e. The van der Waals surface area contributed by atoms with E-state index >= 15 is 0 Å². The lowest BCUT2D eigenvalue weighted by atomic mass is 9.78. The average Bonchev–Trinajstić information content (AvgIpc) is 2.43. The number of hydrogen-bond donors (Lipinski definition) is 0. The molecule has 1 saturated heterocycles. The molecule has 0 unspecified atom stereocenters. The number of carbonyl (C=O) groups is 2. The fourth-order valence-electron chi connectivity index (χ4n) is 4.43. The molecular formula is C22H39I2NO4. The van der Waals surface area contributed by atoms with Crippen molar-refractivity contribution in [2.45, 2.75) is 112 Å². The van der Waals surface area contributed by atoms with Crippen molar-refractivity contribution in [1.82, 2.24) is 4.90 Å². The van der Waals surface area contributed by atoms with Gasteiger partial charge >= 0.3 is 5.97 Å². The Morgan fingerprint density at radius 2 is 1.52 bits per heavy atom. The lowest BCUT2D eigenvalue weighted by Crippen LogP contribution is -2.63. The predicted molar refractivity (Wildman–Crippen MR) is 135 cm³/mol. The van der Waals surface area contributed by atoms with Crippen LogP contribution in [0.15, 0.2) is 0 Å². The second-order valence-electron chi connectivity index (χ2n) is 10.4. The molecule has 0 saturated carbocycles. The third-order valence-corrected chi connectivity index (χ3v) is 5.80. The number of halogens is 2. The van der Waals surface area contributed by atoms with Crippen LogP contribution in [0.2, 0.25) is 0 Å². The number of carbonyl (C=O) groups excluding carboxylic acids is 2. The first-order chi connectivity index (χ1) is 12.9. The van der Waals surface area contributed by atoms with E-state index in [1.165, 1.54) is 0 Å².